The third-order valence-electron chi connectivity index (χ3n) is 2.41. The lowest BCUT2D eigenvalue weighted by Crippen LogP contribution is -2.30. The van der Waals surface area contributed by atoms with E-state index in [1.165, 1.54) is 0 Å². The fraction of sp³-hybridized carbons (Fsp3) is 0.333. The Bertz CT molecular complexity index is 528. The number of amides is 1. The average molecular weight is 217 g/mol. The van der Waals surface area contributed by atoms with E-state index in [0.717, 1.165) is 11.0 Å². The van der Waals surface area contributed by atoms with Crippen LogP contribution in [0, 0.1) is 0 Å². The number of hydrogen-bond donors (Lipinski definition) is 1. The first kappa shape index (κ1) is 10.7. The number of imidazole rings is 1. The van der Waals surface area contributed by atoms with Crippen LogP contribution in [0.15, 0.2) is 24.5 Å². The van der Waals surface area contributed by atoms with Crippen molar-refractivity contribution in [3.05, 3.63) is 30.1 Å². The highest BCUT2D eigenvalue weighted by Gasteiger charge is 2.08. The van der Waals surface area contributed by atoms with E-state index in [0.29, 0.717) is 5.56 Å². The van der Waals surface area contributed by atoms with Crippen LogP contribution in [0.4, 0.5) is 0 Å². The number of aromatic nitrogens is 2. The molecular formula is C12H15N3O. The maximum Gasteiger partial charge on any atom is 0.251 e. The van der Waals surface area contributed by atoms with E-state index in [9.17, 15) is 4.79 Å². The summed E-state index contributed by atoms with van der Waals surface area (Å²) in [5.41, 5.74) is 2.55. The van der Waals surface area contributed by atoms with Gasteiger partial charge in [0.1, 0.15) is 0 Å². The summed E-state index contributed by atoms with van der Waals surface area (Å²) in [4.78, 5) is 16.0. The fourth-order valence-electron chi connectivity index (χ4n) is 1.61. The zero-order valence-corrected chi connectivity index (χ0v) is 9.69. The van der Waals surface area contributed by atoms with Crippen LogP contribution in [-0.2, 0) is 7.05 Å². The third-order valence-corrected chi connectivity index (χ3v) is 2.41. The van der Waals surface area contributed by atoms with Crippen molar-refractivity contribution in [2.75, 3.05) is 0 Å². The lowest BCUT2D eigenvalue weighted by molar-refractivity contribution is 0.0943. The van der Waals surface area contributed by atoms with Crippen LogP contribution in [0.25, 0.3) is 11.0 Å². The highest BCUT2D eigenvalue weighted by atomic mass is 16.1. The Morgan fingerprint density at radius 1 is 1.44 bits per heavy atom. The highest BCUT2D eigenvalue weighted by molar-refractivity contribution is 5.97. The van der Waals surface area contributed by atoms with Gasteiger partial charge in [-0.1, -0.05) is 0 Å². The molecule has 0 saturated heterocycles. The SMILES string of the molecule is CC(C)NC(=O)c1ccc2ncn(C)c2c1. The van der Waals surface area contributed by atoms with Gasteiger partial charge in [0.05, 0.1) is 17.4 Å². The van der Waals surface area contributed by atoms with Crippen molar-refractivity contribution in [2.45, 2.75) is 19.9 Å². The topological polar surface area (TPSA) is 46.9 Å². The van der Waals surface area contributed by atoms with Crippen molar-refractivity contribution in [1.29, 1.82) is 0 Å². The van der Waals surface area contributed by atoms with E-state index < -0.39 is 0 Å². The first-order chi connectivity index (χ1) is 7.58. The predicted octanol–water partition coefficient (Wildman–Crippen LogP) is 1.71. The van der Waals surface area contributed by atoms with Gasteiger partial charge in [0, 0.05) is 18.7 Å². The molecule has 0 unspecified atom stereocenters. The molecule has 0 fully saturated rings. The Morgan fingerprint density at radius 2 is 2.19 bits per heavy atom. The first-order valence-electron chi connectivity index (χ1n) is 5.30. The first-order valence-corrected chi connectivity index (χ1v) is 5.30. The third kappa shape index (κ3) is 1.91. The number of nitrogens with one attached hydrogen (secondary N) is 1. The van der Waals surface area contributed by atoms with Gasteiger partial charge in [-0.3, -0.25) is 4.79 Å². The highest BCUT2D eigenvalue weighted by Crippen LogP contribution is 2.13. The van der Waals surface area contributed by atoms with E-state index in [-0.39, 0.29) is 11.9 Å². The zero-order valence-electron chi connectivity index (χ0n) is 9.69. The van der Waals surface area contributed by atoms with Crippen LogP contribution in [0.2, 0.25) is 0 Å². The normalized spacial score (nSPS) is 11.0. The summed E-state index contributed by atoms with van der Waals surface area (Å²) in [6.45, 7) is 3.89. The number of hydrogen-bond acceptors (Lipinski definition) is 2. The summed E-state index contributed by atoms with van der Waals surface area (Å²) in [7, 11) is 1.92. The molecule has 2 aromatic rings. The summed E-state index contributed by atoms with van der Waals surface area (Å²) >= 11 is 0. The molecule has 0 bridgehead atoms. The molecule has 1 aromatic carbocycles. The smallest absolute Gasteiger partial charge is 0.251 e. The van der Waals surface area contributed by atoms with Crippen LogP contribution in [0.5, 0.6) is 0 Å². The molecule has 84 valence electrons. The lowest BCUT2D eigenvalue weighted by atomic mass is 10.2. The van der Waals surface area contributed by atoms with Crippen molar-refractivity contribution in [1.82, 2.24) is 14.9 Å². The van der Waals surface area contributed by atoms with Crippen molar-refractivity contribution in [3.63, 3.8) is 0 Å². The van der Waals surface area contributed by atoms with E-state index in [2.05, 4.69) is 10.3 Å². The van der Waals surface area contributed by atoms with Gasteiger partial charge in [0.2, 0.25) is 0 Å². The van der Waals surface area contributed by atoms with Gasteiger partial charge in [-0.05, 0) is 32.0 Å². The maximum atomic E-state index is 11.8. The van der Waals surface area contributed by atoms with Gasteiger partial charge in [-0.15, -0.1) is 0 Å². The number of benzene rings is 1. The molecule has 4 heteroatoms. The minimum atomic E-state index is -0.0434. The molecule has 1 N–H and O–H groups in total. The molecule has 0 aliphatic carbocycles. The number of aryl methyl sites for hydroxylation is 1. The number of carbonyl (C=O) groups is 1. The molecule has 1 aromatic heterocycles. The molecule has 0 atom stereocenters. The Morgan fingerprint density at radius 3 is 2.88 bits per heavy atom. The summed E-state index contributed by atoms with van der Waals surface area (Å²) in [5.74, 6) is -0.0434. The molecule has 1 amide bonds. The fourth-order valence-corrected chi connectivity index (χ4v) is 1.61. The molecule has 1 heterocycles. The van der Waals surface area contributed by atoms with E-state index in [1.54, 1.807) is 12.4 Å². The number of rotatable bonds is 2. The lowest BCUT2D eigenvalue weighted by Gasteiger charge is -2.08. The summed E-state index contributed by atoms with van der Waals surface area (Å²) in [5, 5.41) is 2.87. The largest absolute Gasteiger partial charge is 0.350 e. The monoisotopic (exact) mass is 217 g/mol. The van der Waals surface area contributed by atoms with Crippen molar-refractivity contribution < 1.29 is 4.79 Å². The van der Waals surface area contributed by atoms with Crippen LogP contribution < -0.4 is 5.32 Å². The minimum absolute atomic E-state index is 0.0434. The van der Waals surface area contributed by atoms with Crippen LogP contribution in [-0.4, -0.2) is 21.5 Å². The standard InChI is InChI=1S/C12H15N3O/c1-8(2)14-12(16)9-4-5-10-11(6-9)15(3)7-13-10/h4-8H,1-3H3,(H,14,16). The number of nitrogens with zero attached hydrogens (tertiary/aromatic N) is 2. The Hall–Kier alpha value is -1.84. The van der Waals surface area contributed by atoms with Gasteiger partial charge >= 0.3 is 0 Å². The quantitative estimate of drug-likeness (QED) is 0.832. The minimum Gasteiger partial charge on any atom is -0.350 e. The number of fused-ring (bicyclic) bond motifs is 1. The second kappa shape index (κ2) is 3.96. The van der Waals surface area contributed by atoms with Gasteiger partial charge in [-0.2, -0.15) is 0 Å². The summed E-state index contributed by atoms with van der Waals surface area (Å²) in [6.07, 6.45) is 1.74. The molecular weight excluding hydrogens is 202 g/mol. The van der Waals surface area contributed by atoms with E-state index in [1.807, 2.05) is 37.6 Å². The molecule has 0 radical (unpaired) electrons. The molecule has 4 nitrogen and oxygen atoms in total. The van der Waals surface area contributed by atoms with Crippen LogP contribution >= 0.6 is 0 Å². The van der Waals surface area contributed by atoms with E-state index >= 15 is 0 Å². The maximum absolute atomic E-state index is 11.8. The predicted molar refractivity (Wildman–Crippen MR) is 63.3 cm³/mol. The average Bonchev–Trinajstić information content (AvgIpc) is 2.59. The molecule has 2 rings (SSSR count). The van der Waals surface area contributed by atoms with Crippen LogP contribution in [0.3, 0.4) is 0 Å². The molecule has 0 aliphatic heterocycles. The molecule has 0 saturated carbocycles. The van der Waals surface area contributed by atoms with Crippen molar-refractivity contribution in [2.24, 2.45) is 7.05 Å². The van der Waals surface area contributed by atoms with Crippen LogP contribution in [0.1, 0.15) is 24.2 Å². The Labute approximate surface area is 94.3 Å². The van der Waals surface area contributed by atoms with Gasteiger partial charge in [-0.25, -0.2) is 4.98 Å². The summed E-state index contributed by atoms with van der Waals surface area (Å²) in [6, 6.07) is 5.67. The Balaban J connectivity index is 2.38. The summed E-state index contributed by atoms with van der Waals surface area (Å²) < 4.78 is 1.90. The zero-order chi connectivity index (χ0) is 11.7. The van der Waals surface area contributed by atoms with Gasteiger partial charge in [0.25, 0.3) is 5.91 Å². The van der Waals surface area contributed by atoms with Gasteiger partial charge < -0.3 is 9.88 Å². The Kier molecular flexibility index (Phi) is 2.64. The second-order valence-electron chi connectivity index (χ2n) is 4.19. The molecule has 0 spiro atoms. The van der Waals surface area contributed by atoms with Gasteiger partial charge in [0.15, 0.2) is 0 Å². The van der Waals surface area contributed by atoms with E-state index in [4.69, 9.17) is 0 Å². The molecule has 0 aliphatic rings. The van der Waals surface area contributed by atoms with Crippen molar-refractivity contribution >= 4 is 16.9 Å². The van der Waals surface area contributed by atoms with Crippen molar-refractivity contribution in [3.8, 4) is 0 Å². The number of carbonyl (C=O) groups excluding carboxylic acids is 1. The second-order valence-corrected chi connectivity index (χ2v) is 4.19. The molecule has 16 heavy (non-hydrogen) atoms.